The Bertz CT molecular complexity index is 120. The minimum Gasteiger partial charge on any atom is -0.348 e. The first-order valence-electron chi connectivity index (χ1n) is 2.40. The molecular formula is C5H8N2O. The molecule has 0 aromatic rings. The molecule has 0 unspecified atom stereocenters. The lowest BCUT2D eigenvalue weighted by Crippen LogP contribution is -2.25. The molecule has 0 spiro atoms. The van der Waals surface area contributed by atoms with Crippen LogP contribution in [0.25, 0.3) is 0 Å². The van der Waals surface area contributed by atoms with Crippen LogP contribution in [0, 0.1) is 0 Å². The molecule has 3 heteroatoms. The van der Waals surface area contributed by atoms with Crippen LogP contribution in [0.2, 0.25) is 0 Å². The van der Waals surface area contributed by atoms with Crippen LogP contribution in [-0.2, 0) is 4.74 Å². The summed E-state index contributed by atoms with van der Waals surface area (Å²) >= 11 is 0. The lowest BCUT2D eigenvalue weighted by atomic mass is 10.6. The number of ether oxygens (including phenoxy) is 1. The number of aliphatic imine (C=N–C) groups is 1. The van der Waals surface area contributed by atoms with Crippen LogP contribution < -0.4 is 5.32 Å². The Morgan fingerprint density at radius 2 is 2.62 bits per heavy atom. The van der Waals surface area contributed by atoms with Crippen molar-refractivity contribution in [3.63, 3.8) is 0 Å². The van der Waals surface area contributed by atoms with Crippen LogP contribution in [0.1, 0.15) is 0 Å². The maximum Gasteiger partial charge on any atom is 0.224 e. The van der Waals surface area contributed by atoms with E-state index in [-0.39, 0.29) is 6.35 Å². The number of methoxy groups -OCH3 is 1. The topological polar surface area (TPSA) is 33.6 Å². The van der Waals surface area contributed by atoms with Crippen molar-refractivity contribution >= 4 is 6.21 Å². The predicted molar refractivity (Wildman–Crippen MR) is 31.6 cm³/mol. The molecule has 0 saturated carbocycles. The van der Waals surface area contributed by atoms with E-state index in [1.54, 1.807) is 19.5 Å². The second-order valence-corrected chi connectivity index (χ2v) is 1.41. The maximum atomic E-state index is 4.83. The summed E-state index contributed by atoms with van der Waals surface area (Å²) in [5.41, 5.74) is 0. The third-order valence-corrected chi connectivity index (χ3v) is 0.866. The van der Waals surface area contributed by atoms with Crippen LogP contribution in [-0.4, -0.2) is 19.7 Å². The highest BCUT2D eigenvalue weighted by Crippen LogP contribution is 1.88. The van der Waals surface area contributed by atoms with E-state index >= 15 is 0 Å². The van der Waals surface area contributed by atoms with Gasteiger partial charge < -0.3 is 10.1 Å². The van der Waals surface area contributed by atoms with Gasteiger partial charge in [0.25, 0.3) is 0 Å². The van der Waals surface area contributed by atoms with Crippen molar-refractivity contribution in [3.05, 3.63) is 12.3 Å². The number of allylic oxidation sites excluding steroid dienone is 1. The van der Waals surface area contributed by atoms with Crippen LogP contribution in [0.15, 0.2) is 17.3 Å². The second-order valence-electron chi connectivity index (χ2n) is 1.41. The standard InChI is InChI=1S/C5H8N2O/c1-8-5-6-3-2-4-7-5/h2-6H,1H3/t5-/m1/s1. The Morgan fingerprint density at radius 1 is 1.75 bits per heavy atom. The van der Waals surface area contributed by atoms with E-state index in [2.05, 4.69) is 10.3 Å². The molecule has 0 amide bonds. The van der Waals surface area contributed by atoms with E-state index in [0.717, 1.165) is 0 Å². The predicted octanol–water partition coefficient (Wildman–Crippen LogP) is 0.104. The zero-order chi connectivity index (χ0) is 5.82. The molecule has 0 fully saturated rings. The average Bonchev–Trinajstić information content (AvgIpc) is 1.90. The van der Waals surface area contributed by atoms with Gasteiger partial charge in [-0.1, -0.05) is 0 Å². The quantitative estimate of drug-likeness (QED) is 0.522. The summed E-state index contributed by atoms with van der Waals surface area (Å²) in [6, 6.07) is 0. The Labute approximate surface area is 48.1 Å². The molecule has 0 radical (unpaired) electrons. The number of hydrogen-bond acceptors (Lipinski definition) is 3. The molecule has 1 atom stereocenters. The van der Waals surface area contributed by atoms with Crippen molar-refractivity contribution in [2.24, 2.45) is 4.99 Å². The molecular weight excluding hydrogens is 104 g/mol. The largest absolute Gasteiger partial charge is 0.348 e. The zero-order valence-corrected chi connectivity index (χ0v) is 4.66. The van der Waals surface area contributed by atoms with Crippen LogP contribution in [0.3, 0.4) is 0 Å². The van der Waals surface area contributed by atoms with Crippen LogP contribution in [0.4, 0.5) is 0 Å². The van der Waals surface area contributed by atoms with Gasteiger partial charge >= 0.3 is 0 Å². The van der Waals surface area contributed by atoms with Crippen molar-refractivity contribution < 1.29 is 4.74 Å². The minimum absolute atomic E-state index is 0.181. The van der Waals surface area contributed by atoms with Gasteiger partial charge in [0, 0.05) is 19.5 Å². The summed E-state index contributed by atoms with van der Waals surface area (Å²) in [6.45, 7) is 0. The van der Waals surface area contributed by atoms with E-state index in [1.807, 2.05) is 6.08 Å². The highest BCUT2D eigenvalue weighted by atomic mass is 16.5. The first-order chi connectivity index (χ1) is 3.93. The van der Waals surface area contributed by atoms with Gasteiger partial charge in [0.05, 0.1) is 0 Å². The SMILES string of the molecule is CO[C@H]1N=CC=CN1. The van der Waals surface area contributed by atoms with E-state index in [4.69, 9.17) is 4.74 Å². The van der Waals surface area contributed by atoms with Gasteiger partial charge in [0.1, 0.15) is 0 Å². The number of nitrogens with one attached hydrogen (secondary N) is 1. The minimum atomic E-state index is -0.181. The molecule has 3 nitrogen and oxygen atoms in total. The fourth-order valence-corrected chi connectivity index (χ4v) is 0.481. The van der Waals surface area contributed by atoms with Gasteiger partial charge in [-0.2, -0.15) is 0 Å². The molecule has 0 aromatic heterocycles. The summed E-state index contributed by atoms with van der Waals surface area (Å²) in [7, 11) is 1.61. The Balaban J connectivity index is 2.40. The molecule has 0 saturated heterocycles. The van der Waals surface area contributed by atoms with Crippen molar-refractivity contribution in [2.75, 3.05) is 7.11 Å². The van der Waals surface area contributed by atoms with E-state index in [0.29, 0.717) is 0 Å². The Kier molecular flexibility index (Phi) is 1.64. The molecule has 0 aliphatic carbocycles. The molecule has 1 rings (SSSR count). The monoisotopic (exact) mass is 112 g/mol. The molecule has 0 aromatic carbocycles. The smallest absolute Gasteiger partial charge is 0.224 e. The summed E-state index contributed by atoms with van der Waals surface area (Å²) < 4.78 is 4.83. The fourth-order valence-electron chi connectivity index (χ4n) is 0.481. The molecule has 0 bridgehead atoms. The molecule has 1 heterocycles. The molecule has 1 N–H and O–H groups in total. The van der Waals surface area contributed by atoms with Crippen LogP contribution in [0.5, 0.6) is 0 Å². The van der Waals surface area contributed by atoms with Gasteiger partial charge in [0.2, 0.25) is 6.35 Å². The van der Waals surface area contributed by atoms with E-state index < -0.39 is 0 Å². The summed E-state index contributed by atoms with van der Waals surface area (Å²) in [6.07, 6.45) is 5.13. The molecule has 44 valence electrons. The normalized spacial score (nSPS) is 25.4. The van der Waals surface area contributed by atoms with Crippen molar-refractivity contribution in [1.29, 1.82) is 0 Å². The third-order valence-electron chi connectivity index (χ3n) is 0.866. The lowest BCUT2D eigenvalue weighted by molar-refractivity contribution is 0.0931. The Hall–Kier alpha value is -0.830. The summed E-state index contributed by atoms with van der Waals surface area (Å²) in [4.78, 5) is 3.90. The van der Waals surface area contributed by atoms with Crippen molar-refractivity contribution in [2.45, 2.75) is 6.35 Å². The molecule has 1 aliphatic rings. The highest BCUT2D eigenvalue weighted by molar-refractivity contribution is 5.71. The van der Waals surface area contributed by atoms with Crippen LogP contribution >= 0.6 is 0 Å². The number of nitrogens with zero attached hydrogens (tertiary/aromatic N) is 1. The summed E-state index contributed by atoms with van der Waals surface area (Å²) in [5.74, 6) is 0. The number of rotatable bonds is 1. The molecule has 1 aliphatic heterocycles. The van der Waals surface area contributed by atoms with E-state index in [9.17, 15) is 0 Å². The third kappa shape index (κ3) is 1.07. The highest BCUT2D eigenvalue weighted by Gasteiger charge is 1.98. The maximum absolute atomic E-state index is 4.83. The zero-order valence-electron chi connectivity index (χ0n) is 4.66. The number of hydrogen-bond donors (Lipinski definition) is 1. The van der Waals surface area contributed by atoms with Gasteiger partial charge in [0.15, 0.2) is 0 Å². The molecule has 8 heavy (non-hydrogen) atoms. The van der Waals surface area contributed by atoms with Gasteiger partial charge in [-0.3, -0.25) is 0 Å². The lowest BCUT2D eigenvalue weighted by Gasteiger charge is -2.11. The van der Waals surface area contributed by atoms with Gasteiger partial charge in [-0.05, 0) is 6.08 Å². The Morgan fingerprint density at radius 3 is 3.00 bits per heavy atom. The first kappa shape index (κ1) is 5.31. The van der Waals surface area contributed by atoms with E-state index in [1.165, 1.54) is 0 Å². The average molecular weight is 112 g/mol. The fraction of sp³-hybridized carbons (Fsp3) is 0.400. The second kappa shape index (κ2) is 2.47. The van der Waals surface area contributed by atoms with Gasteiger partial charge in [-0.25, -0.2) is 4.99 Å². The first-order valence-corrected chi connectivity index (χ1v) is 2.40. The van der Waals surface area contributed by atoms with Crippen molar-refractivity contribution in [3.8, 4) is 0 Å². The van der Waals surface area contributed by atoms with Gasteiger partial charge in [-0.15, -0.1) is 0 Å². The summed E-state index contributed by atoms with van der Waals surface area (Å²) in [5, 5.41) is 2.87. The van der Waals surface area contributed by atoms with Crippen molar-refractivity contribution in [1.82, 2.24) is 5.32 Å².